The molecule has 5 nitrogen and oxygen atoms in total. The van der Waals surface area contributed by atoms with Gasteiger partial charge >= 0.3 is 6.09 Å². The van der Waals surface area contributed by atoms with Crippen LogP contribution in [0.15, 0.2) is 6.07 Å². The molecule has 80 valence electrons. The number of carbonyl (C=O) groups is 1. The van der Waals surface area contributed by atoms with Crippen molar-refractivity contribution >= 4 is 17.7 Å². The highest BCUT2D eigenvalue weighted by molar-refractivity contribution is 6.29. The van der Waals surface area contributed by atoms with Gasteiger partial charge in [0.2, 0.25) is 0 Å². The smallest absolute Gasteiger partial charge is 0.410 e. The molecule has 0 N–H and O–H groups in total. The molecule has 1 saturated heterocycles. The van der Waals surface area contributed by atoms with Gasteiger partial charge in [-0.25, -0.2) is 14.8 Å². The Morgan fingerprint density at radius 3 is 3.00 bits per heavy atom. The Bertz CT molecular complexity index is 377. The van der Waals surface area contributed by atoms with Gasteiger partial charge in [0.25, 0.3) is 0 Å². The first-order valence-electron chi connectivity index (χ1n) is 4.57. The van der Waals surface area contributed by atoms with Gasteiger partial charge in [-0.2, -0.15) is 0 Å². The van der Waals surface area contributed by atoms with E-state index in [0.717, 1.165) is 5.69 Å². The van der Waals surface area contributed by atoms with E-state index in [1.807, 2.05) is 6.92 Å². The van der Waals surface area contributed by atoms with Gasteiger partial charge in [0.1, 0.15) is 17.6 Å². The largest absolute Gasteiger partial charge is 0.448 e. The van der Waals surface area contributed by atoms with Crippen LogP contribution in [-0.4, -0.2) is 34.1 Å². The normalized spacial score (nSPS) is 15.6. The van der Waals surface area contributed by atoms with Crippen molar-refractivity contribution in [2.75, 3.05) is 13.2 Å². The molecule has 0 spiro atoms. The molecule has 0 atom stereocenters. The molecule has 2 heterocycles. The van der Waals surface area contributed by atoms with Crippen molar-refractivity contribution < 1.29 is 9.53 Å². The molecule has 0 aromatic carbocycles. The van der Waals surface area contributed by atoms with E-state index in [2.05, 4.69) is 9.97 Å². The summed E-state index contributed by atoms with van der Waals surface area (Å²) in [5, 5.41) is 0.394. The first-order chi connectivity index (χ1) is 7.15. The SMILES string of the molecule is Cc1cc(Cl)nc(CN2CCOC2=O)n1. The fourth-order valence-corrected chi connectivity index (χ4v) is 1.65. The molecule has 1 aromatic heterocycles. The highest BCUT2D eigenvalue weighted by Gasteiger charge is 2.22. The second-order valence-corrected chi connectivity index (χ2v) is 3.67. The van der Waals surface area contributed by atoms with Crippen LogP contribution in [0.2, 0.25) is 5.15 Å². The van der Waals surface area contributed by atoms with Crippen LogP contribution >= 0.6 is 11.6 Å². The fourth-order valence-electron chi connectivity index (χ4n) is 1.40. The summed E-state index contributed by atoms with van der Waals surface area (Å²) in [5.74, 6) is 0.541. The van der Waals surface area contributed by atoms with Gasteiger partial charge < -0.3 is 4.74 Å². The Kier molecular flexibility index (Phi) is 2.73. The lowest BCUT2D eigenvalue weighted by Gasteiger charge is -2.11. The quantitative estimate of drug-likeness (QED) is 0.717. The van der Waals surface area contributed by atoms with Crippen LogP contribution in [-0.2, 0) is 11.3 Å². The number of cyclic esters (lactones) is 1. The minimum Gasteiger partial charge on any atom is -0.448 e. The van der Waals surface area contributed by atoms with Crippen LogP contribution < -0.4 is 0 Å². The molecule has 2 rings (SSSR count). The van der Waals surface area contributed by atoms with Crippen LogP contribution in [0.3, 0.4) is 0 Å². The van der Waals surface area contributed by atoms with Crippen LogP contribution in [0.5, 0.6) is 0 Å². The number of nitrogens with zero attached hydrogens (tertiary/aromatic N) is 3. The van der Waals surface area contributed by atoms with Crippen molar-refractivity contribution in [1.82, 2.24) is 14.9 Å². The lowest BCUT2D eigenvalue weighted by atomic mass is 10.4. The van der Waals surface area contributed by atoms with Gasteiger partial charge in [-0.05, 0) is 13.0 Å². The van der Waals surface area contributed by atoms with Crippen molar-refractivity contribution in [2.24, 2.45) is 0 Å². The molecular formula is C9H10ClN3O2. The number of hydrogen-bond acceptors (Lipinski definition) is 4. The lowest BCUT2D eigenvalue weighted by molar-refractivity contribution is 0.156. The number of hydrogen-bond donors (Lipinski definition) is 0. The summed E-state index contributed by atoms with van der Waals surface area (Å²) in [5.41, 5.74) is 0.789. The van der Waals surface area contributed by atoms with Gasteiger partial charge in [-0.3, -0.25) is 4.90 Å². The summed E-state index contributed by atoms with van der Waals surface area (Å²) in [4.78, 5) is 20.9. The molecule has 0 aliphatic carbocycles. The maximum absolute atomic E-state index is 11.2. The molecule has 1 fully saturated rings. The second-order valence-electron chi connectivity index (χ2n) is 3.28. The highest BCUT2D eigenvalue weighted by Crippen LogP contribution is 2.11. The Morgan fingerprint density at radius 2 is 2.40 bits per heavy atom. The predicted molar refractivity (Wildman–Crippen MR) is 53.5 cm³/mol. The van der Waals surface area contributed by atoms with Crippen LogP contribution in [0.1, 0.15) is 11.5 Å². The van der Waals surface area contributed by atoms with E-state index in [0.29, 0.717) is 30.7 Å². The summed E-state index contributed by atoms with van der Waals surface area (Å²) in [6.07, 6.45) is -0.323. The summed E-state index contributed by atoms with van der Waals surface area (Å²) < 4.78 is 4.80. The Balaban J connectivity index is 2.13. The Hall–Kier alpha value is -1.36. The Labute approximate surface area is 92.0 Å². The van der Waals surface area contributed by atoms with Crippen molar-refractivity contribution in [3.63, 3.8) is 0 Å². The third-order valence-corrected chi connectivity index (χ3v) is 2.24. The van der Waals surface area contributed by atoms with Crippen molar-refractivity contribution in [1.29, 1.82) is 0 Å². The number of ether oxygens (including phenoxy) is 1. The molecule has 0 saturated carbocycles. The minimum absolute atomic E-state index is 0.323. The van der Waals surface area contributed by atoms with Gasteiger partial charge in [0, 0.05) is 5.69 Å². The summed E-state index contributed by atoms with van der Waals surface area (Å²) >= 11 is 5.79. The van der Waals surface area contributed by atoms with E-state index in [1.54, 1.807) is 11.0 Å². The van der Waals surface area contributed by atoms with E-state index < -0.39 is 0 Å². The molecule has 1 amide bonds. The zero-order chi connectivity index (χ0) is 10.8. The third kappa shape index (κ3) is 2.36. The maximum Gasteiger partial charge on any atom is 0.410 e. The standard InChI is InChI=1S/C9H10ClN3O2/c1-6-4-7(10)12-8(11-6)5-13-2-3-15-9(13)14/h4H,2-3,5H2,1H3. The zero-order valence-electron chi connectivity index (χ0n) is 8.23. The first-order valence-corrected chi connectivity index (χ1v) is 4.95. The number of aromatic nitrogens is 2. The van der Waals surface area contributed by atoms with E-state index in [4.69, 9.17) is 16.3 Å². The predicted octanol–water partition coefficient (Wildman–Crippen LogP) is 1.39. The number of amides is 1. The molecule has 0 radical (unpaired) electrons. The van der Waals surface area contributed by atoms with Gasteiger partial charge in [-0.1, -0.05) is 11.6 Å². The van der Waals surface area contributed by atoms with Crippen LogP contribution in [0.4, 0.5) is 4.79 Å². The molecule has 0 unspecified atom stereocenters. The number of aryl methyl sites for hydroxylation is 1. The number of carbonyl (C=O) groups excluding carboxylic acids is 1. The lowest BCUT2D eigenvalue weighted by Crippen LogP contribution is -2.24. The highest BCUT2D eigenvalue weighted by atomic mass is 35.5. The average molecular weight is 228 g/mol. The van der Waals surface area contributed by atoms with Gasteiger partial charge in [-0.15, -0.1) is 0 Å². The first kappa shape index (κ1) is 10.2. The third-order valence-electron chi connectivity index (χ3n) is 2.05. The number of rotatable bonds is 2. The second kappa shape index (κ2) is 4.02. The molecule has 1 aromatic rings. The van der Waals surface area contributed by atoms with E-state index in [9.17, 15) is 4.79 Å². The average Bonchev–Trinajstić information content (AvgIpc) is 2.50. The molecule has 15 heavy (non-hydrogen) atoms. The molecule has 6 heteroatoms. The van der Waals surface area contributed by atoms with Crippen LogP contribution in [0, 0.1) is 6.92 Å². The maximum atomic E-state index is 11.2. The Morgan fingerprint density at radius 1 is 1.60 bits per heavy atom. The van der Waals surface area contributed by atoms with E-state index >= 15 is 0 Å². The van der Waals surface area contributed by atoms with Gasteiger partial charge in [0.15, 0.2) is 0 Å². The molecule has 1 aliphatic rings. The topological polar surface area (TPSA) is 55.3 Å². The van der Waals surface area contributed by atoms with Crippen molar-refractivity contribution in [3.8, 4) is 0 Å². The van der Waals surface area contributed by atoms with E-state index in [1.165, 1.54) is 0 Å². The number of halogens is 1. The summed E-state index contributed by atoms with van der Waals surface area (Å²) in [6, 6.07) is 1.67. The van der Waals surface area contributed by atoms with Crippen molar-refractivity contribution in [3.05, 3.63) is 22.7 Å². The summed E-state index contributed by atoms with van der Waals surface area (Å²) in [6.45, 7) is 3.19. The van der Waals surface area contributed by atoms with Crippen LogP contribution in [0.25, 0.3) is 0 Å². The van der Waals surface area contributed by atoms with Crippen molar-refractivity contribution in [2.45, 2.75) is 13.5 Å². The molecule has 1 aliphatic heterocycles. The monoisotopic (exact) mass is 227 g/mol. The van der Waals surface area contributed by atoms with E-state index in [-0.39, 0.29) is 6.09 Å². The minimum atomic E-state index is -0.323. The fraction of sp³-hybridized carbons (Fsp3) is 0.444. The molecular weight excluding hydrogens is 218 g/mol. The summed E-state index contributed by atoms with van der Waals surface area (Å²) in [7, 11) is 0. The molecule has 0 bridgehead atoms. The zero-order valence-corrected chi connectivity index (χ0v) is 8.99. The van der Waals surface area contributed by atoms with Gasteiger partial charge in [0.05, 0.1) is 13.1 Å².